The first-order valence-electron chi connectivity index (χ1n) is 5.12. The summed E-state index contributed by atoms with van der Waals surface area (Å²) in [5, 5.41) is 12.1. The highest BCUT2D eigenvalue weighted by Crippen LogP contribution is 2.30. The number of hydrogen-bond donors (Lipinski definition) is 1. The van der Waals surface area contributed by atoms with E-state index in [1.165, 1.54) is 0 Å². The Labute approximate surface area is 107 Å². The minimum Gasteiger partial charge on any atom is -0.390 e. The number of rotatable bonds is 2. The van der Waals surface area contributed by atoms with Crippen LogP contribution in [0.1, 0.15) is 5.69 Å². The van der Waals surface area contributed by atoms with Crippen molar-refractivity contribution in [1.29, 1.82) is 0 Å². The predicted octanol–water partition coefficient (Wildman–Crippen LogP) is 3.21. The van der Waals surface area contributed by atoms with Gasteiger partial charge in [-0.2, -0.15) is 0 Å². The van der Waals surface area contributed by atoms with E-state index in [2.05, 4.69) is 4.98 Å². The van der Waals surface area contributed by atoms with Gasteiger partial charge in [-0.3, -0.25) is 4.40 Å². The Morgan fingerprint density at radius 3 is 2.88 bits per heavy atom. The summed E-state index contributed by atoms with van der Waals surface area (Å²) in [4.78, 5) is 5.55. The van der Waals surface area contributed by atoms with Crippen LogP contribution in [0.15, 0.2) is 35.7 Å². The molecule has 0 saturated heterocycles. The van der Waals surface area contributed by atoms with Gasteiger partial charge in [0.1, 0.15) is 16.5 Å². The van der Waals surface area contributed by atoms with Crippen LogP contribution in [0.25, 0.3) is 16.2 Å². The van der Waals surface area contributed by atoms with Gasteiger partial charge in [-0.1, -0.05) is 23.7 Å². The van der Waals surface area contributed by atoms with E-state index in [1.54, 1.807) is 21.8 Å². The lowest BCUT2D eigenvalue weighted by atomic mass is 10.3. The van der Waals surface area contributed by atoms with Crippen LogP contribution in [0.2, 0.25) is 5.15 Å². The molecule has 0 aliphatic carbocycles. The van der Waals surface area contributed by atoms with Gasteiger partial charge >= 0.3 is 0 Å². The van der Waals surface area contributed by atoms with Gasteiger partial charge < -0.3 is 5.11 Å². The Balaban J connectivity index is 2.37. The van der Waals surface area contributed by atoms with Crippen molar-refractivity contribution in [3.8, 4) is 10.6 Å². The highest BCUT2D eigenvalue weighted by atomic mass is 35.5. The van der Waals surface area contributed by atoms with Crippen molar-refractivity contribution in [3.63, 3.8) is 0 Å². The Kier molecular flexibility index (Phi) is 2.63. The summed E-state index contributed by atoms with van der Waals surface area (Å²) < 4.78 is 1.77. The number of hydrogen-bond acceptors (Lipinski definition) is 3. The second-order valence-corrected chi connectivity index (χ2v) is 4.92. The molecule has 3 aromatic rings. The van der Waals surface area contributed by atoms with Gasteiger partial charge in [0, 0.05) is 0 Å². The molecule has 0 aliphatic heterocycles. The molecule has 3 heterocycles. The first-order valence-corrected chi connectivity index (χ1v) is 6.37. The number of imidazole rings is 1. The fourth-order valence-corrected chi connectivity index (χ4v) is 2.87. The lowest BCUT2D eigenvalue weighted by Gasteiger charge is -2.01. The minimum atomic E-state index is -0.0852. The maximum atomic E-state index is 9.51. The maximum Gasteiger partial charge on any atom is 0.138 e. The normalized spacial score (nSPS) is 11.2. The first kappa shape index (κ1) is 10.8. The second kappa shape index (κ2) is 4.14. The number of thiophene rings is 1. The summed E-state index contributed by atoms with van der Waals surface area (Å²) in [5.74, 6) is 0. The molecule has 0 radical (unpaired) electrons. The molecule has 0 saturated carbocycles. The van der Waals surface area contributed by atoms with E-state index in [9.17, 15) is 5.11 Å². The Hall–Kier alpha value is -1.36. The van der Waals surface area contributed by atoms with Crippen molar-refractivity contribution in [2.45, 2.75) is 6.61 Å². The molecule has 0 atom stereocenters. The van der Waals surface area contributed by atoms with Gasteiger partial charge in [0.25, 0.3) is 0 Å². The number of aliphatic hydroxyl groups is 1. The minimum absolute atomic E-state index is 0.0852. The van der Waals surface area contributed by atoms with Crippen molar-refractivity contribution in [2.24, 2.45) is 0 Å². The van der Waals surface area contributed by atoms with E-state index in [0.717, 1.165) is 21.9 Å². The van der Waals surface area contributed by atoms with Crippen LogP contribution in [0, 0.1) is 0 Å². The van der Waals surface area contributed by atoms with E-state index in [4.69, 9.17) is 11.6 Å². The number of halogens is 1. The molecule has 0 spiro atoms. The number of fused-ring (bicyclic) bond motifs is 1. The third-order valence-electron chi connectivity index (χ3n) is 2.60. The Morgan fingerprint density at radius 2 is 2.18 bits per heavy atom. The lowest BCUT2D eigenvalue weighted by Crippen LogP contribution is -1.94. The van der Waals surface area contributed by atoms with E-state index in [-0.39, 0.29) is 6.61 Å². The van der Waals surface area contributed by atoms with Crippen LogP contribution in [-0.4, -0.2) is 14.5 Å². The zero-order chi connectivity index (χ0) is 11.8. The van der Waals surface area contributed by atoms with Gasteiger partial charge in [0.15, 0.2) is 0 Å². The van der Waals surface area contributed by atoms with Gasteiger partial charge in [-0.05, 0) is 23.6 Å². The molecule has 0 aromatic carbocycles. The molecule has 3 nitrogen and oxygen atoms in total. The number of aromatic nitrogens is 2. The SMILES string of the molecule is OCc1c(-c2cccs2)nc2cccc(Cl)n12. The largest absolute Gasteiger partial charge is 0.390 e. The molecule has 0 unspecified atom stereocenters. The van der Waals surface area contributed by atoms with Crippen LogP contribution in [0.4, 0.5) is 0 Å². The smallest absolute Gasteiger partial charge is 0.138 e. The molecule has 0 aliphatic rings. The quantitative estimate of drug-likeness (QED) is 0.722. The second-order valence-electron chi connectivity index (χ2n) is 3.58. The van der Waals surface area contributed by atoms with Crippen LogP contribution in [-0.2, 0) is 6.61 Å². The Morgan fingerprint density at radius 1 is 1.29 bits per heavy atom. The molecule has 1 N–H and O–H groups in total. The fraction of sp³-hybridized carbons (Fsp3) is 0.0833. The van der Waals surface area contributed by atoms with E-state index >= 15 is 0 Å². The molecule has 86 valence electrons. The van der Waals surface area contributed by atoms with E-state index < -0.39 is 0 Å². The summed E-state index contributed by atoms with van der Waals surface area (Å²) >= 11 is 7.73. The molecule has 5 heteroatoms. The van der Waals surface area contributed by atoms with Crippen LogP contribution in [0.3, 0.4) is 0 Å². The highest BCUT2D eigenvalue weighted by Gasteiger charge is 2.15. The first-order chi connectivity index (χ1) is 8.31. The van der Waals surface area contributed by atoms with Gasteiger partial charge in [0.2, 0.25) is 0 Å². The zero-order valence-electron chi connectivity index (χ0n) is 8.80. The summed E-state index contributed by atoms with van der Waals surface area (Å²) in [5.41, 5.74) is 2.29. The van der Waals surface area contributed by atoms with Gasteiger partial charge in [0.05, 0.1) is 17.2 Å². The summed E-state index contributed by atoms with van der Waals surface area (Å²) in [7, 11) is 0. The van der Waals surface area contributed by atoms with Crippen LogP contribution < -0.4 is 0 Å². The average Bonchev–Trinajstić information content (AvgIpc) is 2.95. The molecular weight excluding hydrogens is 256 g/mol. The monoisotopic (exact) mass is 264 g/mol. The van der Waals surface area contributed by atoms with Crippen molar-refractivity contribution in [2.75, 3.05) is 0 Å². The highest BCUT2D eigenvalue weighted by molar-refractivity contribution is 7.13. The number of pyridine rings is 1. The number of aliphatic hydroxyl groups excluding tert-OH is 1. The molecular formula is C12H9ClN2OS. The van der Waals surface area contributed by atoms with Gasteiger partial charge in [-0.25, -0.2) is 4.98 Å². The molecule has 17 heavy (non-hydrogen) atoms. The summed E-state index contributed by atoms with van der Waals surface area (Å²) in [6.07, 6.45) is 0. The van der Waals surface area contributed by atoms with Crippen molar-refractivity contribution < 1.29 is 5.11 Å². The summed E-state index contributed by atoms with van der Waals surface area (Å²) in [6.45, 7) is -0.0852. The van der Waals surface area contributed by atoms with Crippen LogP contribution in [0.5, 0.6) is 0 Å². The predicted molar refractivity (Wildman–Crippen MR) is 69.4 cm³/mol. The molecule has 3 aromatic heterocycles. The number of nitrogens with zero attached hydrogens (tertiary/aromatic N) is 2. The molecule has 3 rings (SSSR count). The molecule has 0 amide bonds. The third-order valence-corrected chi connectivity index (χ3v) is 3.77. The zero-order valence-corrected chi connectivity index (χ0v) is 10.4. The van der Waals surface area contributed by atoms with Crippen molar-refractivity contribution >= 4 is 28.6 Å². The van der Waals surface area contributed by atoms with Crippen molar-refractivity contribution in [1.82, 2.24) is 9.38 Å². The van der Waals surface area contributed by atoms with Gasteiger partial charge in [-0.15, -0.1) is 11.3 Å². The standard InChI is InChI=1S/C12H9ClN2OS/c13-10-4-1-5-11-14-12(8(7-16)15(10)11)9-3-2-6-17-9/h1-6,16H,7H2. The average molecular weight is 265 g/mol. The lowest BCUT2D eigenvalue weighted by molar-refractivity contribution is 0.276. The Bertz CT molecular complexity index is 661. The topological polar surface area (TPSA) is 37.5 Å². The molecule has 0 bridgehead atoms. The van der Waals surface area contributed by atoms with E-state index in [0.29, 0.717) is 5.15 Å². The summed E-state index contributed by atoms with van der Waals surface area (Å²) in [6, 6.07) is 9.46. The van der Waals surface area contributed by atoms with Crippen LogP contribution >= 0.6 is 22.9 Å². The maximum absolute atomic E-state index is 9.51. The third kappa shape index (κ3) is 1.65. The molecule has 0 fully saturated rings. The fourth-order valence-electron chi connectivity index (χ4n) is 1.87. The van der Waals surface area contributed by atoms with Crippen molar-refractivity contribution in [3.05, 3.63) is 46.6 Å². The van der Waals surface area contributed by atoms with E-state index in [1.807, 2.05) is 29.6 Å².